The number of likely N-dealkylation sites (tertiary alicyclic amines) is 1. The smallest absolute Gasteiger partial charge is 0.258 e. The van der Waals surface area contributed by atoms with Gasteiger partial charge in [-0.2, -0.15) is 0 Å². The van der Waals surface area contributed by atoms with E-state index in [2.05, 4.69) is 46.4 Å². The Balaban J connectivity index is 1.32. The molecule has 2 aliphatic rings. The van der Waals surface area contributed by atoms with Gasteiger partial charge in [-0.25, -0.2) is 0 Å². The Bertz CT molecular complexity index is 1010. The molecule has 2 heterocycles. The molecule has 2 saturated heterocycles. The lowest BCUT2D eigenvalue weighted by molar-refractivity contribution is -0.125. The maximum absolute atomic E-state index is 13.2. The van der Waals surface area contributed by atoms with E-state index in [1.165, 1.54) is 12.7 Å². The predicted octanol–water partition coefficient (Wildman–Crippen LogP) is 3.02. The van der Waals surface area contributed by atoms with Crippen LogP contribution in [0.25, 0.3) is 0 Å². The molecule has 4 rings (SSSR count). The van der Waals surface area contributed by atoms with Gasteiger partial charge in [0.1, 0.15) is 11.8 Å². The molecule has 2 amide bonds. The normalized spacial score (nSPS) is 19.3. The lowest BCUT2D eigenvalue weighted by Crippen LogP contribution is -2.45. The van der Waals surface area contributed by atoms with Crippen molar-refractivity contribution in [3.05, 3.63) is 64.2 Å². The Morgan fingerprint density at radius 2 is 1.74 bits per heavy atom. The molecule has 2 aliphatic heterocycles. The zero-order valence-electron chi connectivity index (χ0n) is 19.9. The van der Waals surface area contributed by atoms with E-state index in [1.54, 1.807) is 23.1 Å². The van der Waals surface area contributed by atoms with Crippen LogP contribution in [-0.4, -0.2) is 79.4 Å². The maximum atomic E-state index is 13.2. The number of hydrogen-bond donors (Lipinski definition) is 1. The summed E-state index contributed by atoms with van der Waals surface area (Å²) >= 11 is 6.10. The number of rotatable bonds is 7. The first kappa shape index (κ1) is 24.5. The van der Waals surface area contributed by atoms with Crippen LogP contribution in [-0.2, 0) is 17.9 Å². The number of piperazine rings is 1. The zero-order chi connectivity index (χ0) is 24.1. The van der Waals surface area contributed by atoms with Crippen LogP contribution >= 0.6 is 11.6 Å². The van der Waals surface area contributed by atoms with Crippen molar-refractivity contribution in [1.82, 2.24) is 20.0 Å². The standard InChI is InChI=1S/C26H33ClN4O3/c1-29-12-14-30(15-13-29)18-20-7-5-19(6-8-20)17-28-25(32)23-4-3-11-31(23)26(33)22-16-21(27)9-10-24(22)34-2/h5-10,16,23H,3-4,11-15,17-18H2,1-2H3,(H,28,32)/t23-/m0/s1. The summed E-state index contributed by atoms with van der Waals surface area (Å²) in [5, 5.41) is 3.48. The molecule has 182 valence electrons. The Morgan fingerprint density at radius 1 is 1.03 bits per heavy atom. The Hall–Kier alpha value is -2.61. The lowest BCUT2D eigenvalue weighted by Gasteiger charge is -2.32. The number of amides is 2. The van der Waals surface area contributed by atoms with Gasteiger partial charge < -0.3 is 19.9 Å². The largest absolute Gasteiger partial charge is 0.496 e. The van der Waals surface area contributed by atoms with Gasteiger partial charge >= 0.3 is 0 Å². The molecular weight excluding hydrogens is 452 g/mol. The van der Waals surface area contributed by atoms with Crippen molar-refractivity contribution < 1.29 is 14.3 Å². The van der Waals surface area contributed by atoms with Gasteiger partial charge in [-0.3, -0.25) is 14.5 Å². The fourth-order valence-corrected chi connectivity index (χ4v) is 4.79. The molecule has 2 fully saturated rings. The summed E-state index contributed by atoms with van der Waals surface area (Å²) in [6, 6.07) is 12.9. The van der Waals surface area contributed by atoms with E-state index in [9.17, 15) is 9.59 Å². The summed E-state index contributed by atoms with van der Waals surface area (Å²) < 4.78 is 5.33. The second kappa shape index (κ2) is 11.2. The van der Waals surface area contributed by atoms with Crippen molar-refractivity contribution in [3.8, 4) is 5.75 Å². The van der Waals surface area contributed by atoms with Crippen LogP contribution in [0.3, 0.4) is 0 Å². The third-order valence-electron chi connectivity index (χ3n) is 6.70. The first-order chi connectivity index (χ1) is 16.4. The van der Waals surface area contributed by atoms with Crippen molar-refractivity contribution in [2.45, 2.75) is 32.0 Å². The molecule has 0 unspecified atom stereocenters. The highest BCUT2D eigenvalue weighted by Crippen LogP contribution is 2.27. The molecule has 2 aromatic carbocycles. The van der Waals surface area contributed by atoms with E-state index in [-0.39, 0.29) is 11.8 Å². The van der Waals surface area contributed by atoms with Crippen LogP contribution in [0.1, 0.15) is 34.3 Å². The summed E-state index contributed by atoms with van der Waals surface area (Å²) in [5.41, 5.74) is 2.70. The highest BCUT2D eigenvalue weighted by atomic mass is 35.5. The number of nitrogens with zero attached hydrogens (tertiary/aromatic N) is 3. The number of carbonyl (C=O) groups excluding carboxylic acids is 2. The van der Waals surface area contributed by atoms with Gasteiger partial charge in [0.15, 0.2) is 0 Å². The Morgan fingerprint density at radius 3 is 2.44 bits per heavy atom. The number of halogens is 1. The number of nitrogens with one attached hydrogen (secondary N) is 1. The van der Waals surface area contributed by atoms with E-state index < -0.39 is 6.04 Å². The molecular formula is C26H33ClN4O3. The number of benzene rings is 2. The van der Waals surface area contributed by atoms with E-state index in [1.807, 2.05) is 0 Å². The predicted molar refractivity (Wildman–Crippen MR) is 133 cm³/mol. The first-order valence-electron chi connectivity index (χ1n) is 11.9. The maximum Gasteiger partial charge on any atom is 0.258 e. The van der Waals surface area contributed by atoms with E-state index in [0.29, 0.717) is 35.8 Å². The molecule has 0 bridgehead atoms. The van der Waals surface area contributed by atoms with Gasteiger partial charge in [0.05, 0.1) is 12.7 Å². The third kappa shape index (κ3) is 5.90. The Kier molecular flexibility index (Phi) is 8.08. The minimum Gasteiger partial charge on any atom is -0.496 e. The number of methoxy groups -OCH3 is 1. The second-order valence-electron chi connectivity index (χ2n) is 9.11. The average Bonchev–Trinajstić information content (AvgIpc) is 3.34. The first-order valence-corrected chi connectivity index (χ1v) is 12.2. The summed E-state index contributed by atoms with van der Waals surface area (Å²) in [6.07, 6.45) is 1.43. The van der Waals surface area contributed by atoms with E-state index >= 15 is 0 Å². The van der Waals surface area contributed by atoms with Crippen molar-refractivity contribution in [1.29, 1.82) is 0 Å². The fourth-order valence-electron chi connectivity index (χ4n) is 4.62. The average molecular weight is 485 g/mol. The number of ether oxygens (including phenoxy) is 1. The van der Waals surface area contributed by atoms with Gasteiger partial charge in [-0.05, 0) is 49.2 Å². The number of hydrogen-bond acceptors (Lipinski definition) is 5. The van der Waals surface area contributed by atoms with Crippen LogP contribution in [0.2, 0.25) is 5.02 Å². The van der Waals surface area contributed by atoms with Gasteiger partial charge in [-0.15, -0.1) is 0 Å². The highest BCUT2D eigenvalue weighted by molar-refractivity contribution is 6.31. The molecule has 0 radical (unpaired) electrons. The molecule has 2 aromatic rings. The molecule has 0 aromatic heterocycles. The quantitative estimate of drug-likeness (QED) is 0.654. The SMILES string of the molecule is COc1ccc(Cl)cc1C(=O)N1CCC[C@H]1C(=O)NCc1ccc(CN2CCN(C)CC2)cc1. The minimum atomic E-state index is -0.493. The zero-order valence-corrected chi connectivity index (χ0v) is 20.7. The van der Waals surface area contributed by atoms with E-state index in [4.69, 9.17) is 16.3 Å². The van der Waals surface area contributed by atoms with Gasteiger partial charge in [0.2, 0.25) is 5.91 Å². The minimum absolute atomic E-state index is 0.131. The molecule has 0 spiro atoms. The Labute approximate surface area is 206 Å². The van der Waals surface area contributed by atoms with Crippen molar-refractivity contribution in [3.63, 3.8) is 0 Å². The summed E-state index contributed by atoms with van der Waals surface area (Å²) in [5.74, 6) is 0.0933. The van der Waals surface area contributed by atoms with Crippen LogP contribution in [0.4, 0.5) is 0 Å². The molecule has 1 atom stereocenters. The van der Waals surface area contributed by atoms with Gasteiger partial charge in [0.25, 0.3) is 5.91 Å². The number of likely N-dealkylation sites (N-methyl/N-ethyl adjacent to an activating group) is 1. The van der Waals surface area contributed by atoms with Crippen LogP contribution in [0, 0.1) is 0 Å². The summed E-state index contributed by atoms with van der Waals surface area (Å²) in [4.78, 5) is 32.6. The van der Waals surface area contributed by atoms with Crippen LogP contribution in [0.5, 0.6) is 5.75 Å². The third-order valence-corrected chi connectivity index (χ3v) is 6.94. The van der Waals surface area contributed by atoms with Crippen molar-refractivity contribution in [2.75, 3.05) is 46.9 Å². The summed E-state index contributed by atoms with van der Waals surface area (Å²) in [7, 11) is 3.68. The lowest BCUT2D eigenvalue weighted by atomic mass is 10.1. The number of carbonyl (C=O) groups is 2. The molecule has 8 heteroatoms. The van der Waals surface area contributed by atoms with Gasteiger partial charge in [-0.1, -0.05) is 35.9 Å². The molecule has 34 heavy (non-hydrogen) atoms. The van der Waals surface area contributed by atoms with E-state index in [0.717, 1.165) is 44.7 Å². The van der Waals surface area contributed by atoms with Crippen molar-refractivity contribution in [2.24, 2.45) is 0 Å². The fraction of sp³-hybridized carbons (Fsp3) is 0.462. The molecule has 7 nitrogen and oxygen atoms in total. The van der Waals surface area contributed by atoms with Crippen LogP contribution in [0.15, 0.2) is 42.5 Å². The summed E-state index contributed by atoms with van der Waals surface area (Å²) in [6.45, 7) is 6.31. The molecule has 0 saturated carbocycles. The molecule has 0 aliphatic carbocycles. The van der Waals surface area contributed by atoms with Gasteiger partial charge in [0, 0.05) is 50.8 Å². The molecule has 1 N–H and O–H groups in total. The highest BCUT2D eigenvalue weighted by Gasteiger charge is 2.35. The van der Waals surface area contributed by atoms with Crippen LogP contribution < -0.4 is 10.1 Å². The second-order valence-corrected chi connectivity index (χ2v) is 9.55. The monoisotopic (exact) mass is 484 g/mol. The topological polar surface area (TPSA) is 65.1 Å². The van der Waals surface area contributed by atoms with Crippen molar-refractivity contribution >= 4 is 23.4 Å².